The van der Waals surface area contributed by atoms with Crippen molar-refractivity contribution in [1.82, 2.24) is 0 Å². The summed E-state index contributed by atoms with van der Waals surface area (Å²) in [5.74, 6) is 0. The molecule has 3 nitrogen and oxygen atoms in total. The van der Waals surface area contributed by atoms with Crippen molar-refractivity contribution in [3.05, 3.63) is 28.8 Å². The van der Waals surface area contributed by atoms with Crippen LogP contribution in [0.3, 0.4) is 0 Å². The Hall–Kier alpha value is -1.24. The second-order valence-electron chi connectivity index (χ2n) is 2.78. The third kappa shape index (κ3) is 2.63. The zero-order valence-electron chi connectivity index (χ0n) is 7.63. The van der Waals surface area contributed by atoms with Gasteiger partial charge in [0, 0.05) is 13.2 Å². The van der Waals surface area contributed by atoms with Crippen molar-refractivity contribution in [3.8, 4) is 6.07 Å². The molecule has 14 heavy (non-hydrogen) atoms. The molecule has 0 saturated carbocycles. The first-order valence-corrected chi connectivity index (χ1v) is 4.70. The van der Waals surface area contributed by atoms with E-state index in [1.54, 1.807) is 18.2 Å². The van der Waals surface area contributed by atoms with E-state index in [2.05, 4.69) is 5.32 Å². The summed E-state index contributed by atoms with van der Waals surface area (Å²) in [5.41, 5.74) is 1.17. The Bertz CT molecular complexity index is 346. The Labute approximate surface area is 87.9 Å². The van der Waals surface area contributed by atoms with Crippen LogP contribution in [0.25, 0.3) is 0 Å². The van der Waals surface area contributed by atoms with Crippen LogP contribution in [0.2, 0.25) is 5.02 Å². The fourth-order valence-electron chi connectivity index (χ4n) is 1.09. The molecule has 0 saturated heterocycles. The molecule has 2 N–H and O–H groups in total. The van der Waals surface area contributed by atoms with Gasteiger partial charge in [0.2, 0.25) is 0 Å². The normalized spacial score (nSPS) is 9.50. The van der Waals surface area contributed by atoms with Crippen LogP contribution < -0.4 is 5.32 Å². The third-order valence-electron chi connectivity index (χ3n) is 1.78. The predicted octanol–water partition coefficient (Wildman–Crippen LogP) is 2.01. The Morgan fingerprint density at radius 3 is 2.93 bits per heavy atom. The number of hydrogen-bond donors (Lipinski definition) is 2. The molecule has 0 aliphatic heterocycles. The Balaban J connectivity index is 2.76. The van der Waals surface area contributed by atoms with Crippen LogP contribution >= 0.6 is 11.6 Å². The van der Waals surface area contributed by atoms with Gasteiger partial charge >= 0.3 is 0 Å². The van der Waals surface area contributed by atoms with Gasteiger partial charge in [0.1, 0.15) is 6.07 Å². The van der Waals surface area contributed by atoms with Crippen LogP contribution in [0.15, 0.2) is 18.2 Å². The summed E-state index contributed by atoms with van der Waals surface area (Å²) in [4.78, 5) is 0. The fraction of sp³-hybridized carbons (Fsp3) is 0.300. The van der Waals surface area contributed by atoms with Crippen LogP contribution in [0.4, 0.5) is 5.69 Å². The van der Waals surface area contributed by atoms with E-state index in [4.69, 9.17) is 22.0 Å². The van der Waals surface area contributed by atoms with Crippen LogP contribution in [0.5, 0.6) is 0 Å². The number of nitrogens with zero attached hydrogens (tertiary/aromatic N) is 1. The van der Waals surface area contributed by atoms with Crippen molar-refractivity contribution in [2.45, 2.75) is 6.42 Å². The van der Waals surface area contributed by atoms with Gasteiger partial charge in [-0.05, 0) is 18.6 Å². The standard InChI is InChI=1S/C10H11ClN2O/c11-9-3-1-4-10(8(9)7-12)13-5-2-6-14/h1,3-4,13-14H,2,5-6H2. The number of halogens is 1. The number of anilines is 1. The van der Waals surface area contributed by atoms with E-state index in [9.17, 15) is 0 Å². The average Bonchev–Trinajstić information content (AvgIpc) is 2.18. The maximum atomic E-state index is 8.83. The number of hydrogen-bond acceptors (Lipinski definition) is 3. The van der Waals surface area contributed by atoms with E-state index < -0.39 is 0 Å². The van der Waals surface area contributed by atoms with Crippen LogP contribution in [0, 0.1) is 11.3 Å². The molecule has 0 aromatic heterocycles. The van der Waals surface area contributed by atoms with Crippen LogP contribution in [0.1, 0.15) is 12.0 Å². The quantitative estimate of drug-likeness (QED) is 0.748. The molecular weight excluding hydrogens is 200 g/mol. The lowest BCUT2D eigenvalue weighted by atomic mass is 10.2. The van der Waals surface area contributed by atoms with Gasteiger partial charge in [0.05, 0.1) is 16.3 Å². The molecule has 0 fully saturated rings. The van der Waals surface area contributed by atoms with Crippen molar-refractivity contribution < 1.29 is 5.11 Å². The maximum Gasteiger partial charge on any atom is 0.103 e. The molecular formula is C10H11ClN2O. The molecule has 0 aliphatic carbocycles. The molecule has 4 heteroatoms. The molecule has 0 bridgehead atoms. The van der Waals surface area contributed by atoms with Crippen molar-refractivity contribution >= 4 is 17.3 Å². The molecule has 0 atom stereocenters. The molecule has 0 heterocycles. The molecule has 1 rings (SSSR count). The Morgan fingerprint density at radius 1 is 1.50 bits per heavy atom. The summed E-state index contributed by atoms with van der Waals surface area (Å²) >= 11 is 5.83. The van der Waals surface area contributed by atoms with E-state index in [0.717, 1.165) is 0 Å². The minimum absolute atomic E-state index is 0.134. The number of aliphatic hydroxyl groups is 1. The number of aliphatic hydroxyl groups excluding tert-OH is 1. The first kappa shape index (κ1) is 10.8. The Morgan fingerprint density at radius 2 is 2.29 bits per heavy atom. The Kier molecular flexibility index (Phi) is 4.24. The first-order chi connectivity index (χ1) is 6.79. The lowest BCUT2D eigenvalue weighted by molar-refractivity contribution is 0.292. The second-order valence-corrected chi connectivity index (χ2v) is 3.19. The summed E-state index contributed by atoms with van der Waals surface area (Å²) in [6.45, 7) is 0.765. The van der Waals surface area contributed by atoms with Crippen molar-refractivity contribution in [2.24, 2.45) is 0 Å². The highest BCUT2D eigenvalue weighted by Crippen LogP contribution is 2.22. The molecule has 0 unspecified atom stereocenters. The smallest absolute Gasteiger partial charge is 0.103 e. The number of rotatable bonds is 4. The van der Waals surface area contributed by atoms with E-state index in [1.165, 1.54) is 0 Å². The first-order valence-electron chi connectivity index (χ1n) is 4.33. The third-order valence-corrected chi connectivity index (χ3v) is 2.09. The minimum Gasteiger partial charge on any atom is -0.396 e. The summed E-state index contributed by atoms with van der Waals surface area (Å²) in [6, 6.07) is 7.29. The lowest BCUT2D eigenvalue weighted by Crippen LogP contribution is -2.04. The fourth-order valence-corrected chi connectivity index (χ4v) is 1.30. The number of nitriles is 1. The molecule has 0 spiro atoms. The molecule has 1 aromatic carbocycles. The topological polar surface area (TPSA) is 56.0 Å². The van der Waals surface area contributed by atoms with Crippen molar-refractivity contribution in [2.75, 3.05) is 18.5 Å². The lowest BCUT2D eigenvalue weighted by Gasteiger charge is -2.07. The zero-order valence-corrected chi connectivity index (χ0v) is 8.38. The number of benzene rings is 1. The average molecular weight is 211 g/mol. The highest BCUT2D eigenvalue weighted by atomic mass is 35.5. The van der Waals surface area contributed by atoms with Gasteiger partial charge in [0.15, 0.2) is 0 Å². The number of nitrogens with one attached hydrogen (secondary N) is 1. The molecule has 1 aromatic rings. The van der Waals surface area contributed by atoms with E-state index in [-0.39, 0.29) is 6.61 Å². The van der Waals surface area contributed by atoms with E-state index in [1.807, 2.05) is 6.07 Å². The molecule has 0 aliphatic rings. The second kappa shape index (κ2) is 5.48. The van der Waals surface area contributed by atoms with Crippen LogP contribution in [-0.2, 0) is 0 Å². The summed E-state index contributed by atoms with van der Waals surface area (Å²) in [6.07, 6.45) is 0.650. The van der Waals surface area contributed by atoms with E-state index >= 15 is 0 Å². The molecule has 0 amide bonds. The molecule has 74 valence electrons. The van der Waals surface area contributed by atoms with Gasteiger partial charge in [0.25, 0.3) is 0 Å². The summed E-state index contributed by atoms with van der Waals surface area (Å²) in [7, 11) is 0. The summed E-state index contributed by atoms with van der Waals surface area (Å²) in [5, 5.41) is 20.9. The largest absolute Gasteiger partial charge is 0.396 e. The van der Waals surface area contributed by atoms with E-state index in [0.29, 0.717) is 29.2 Å². The van der Waals surface area contributed by atoms with Crippen molar-refractivity contribution in [1.29, 1.82) is 5.26 Å². The SMILES string of the molecule is N#Cc1c(Cl)cccc1NCCCO. The van der Waals surface area contributed by atoms with Gasteiger partial charge in [-0.15, -0.1) is 0 Å². The zero-order chi connectivity index (χ0) is 10.4. The van der Waals surface area contributed by atoms with Gasteiger partial charge in [-0.1, -0.05) is 17.7 Å². The minimum atomic E-state index is 0.134. The van der Waals surface area contributed by atoms with Gasteiger partial charge in [-0.2, -0.15) is 5.26 Å². The summed E-state index contributed by atoms with van der Waals surface area (Å²) < 4.78 is 0. The maximum absolute atomic E-state index is 8.83. The monoisotopic (exact) mass is 210 g/mol. The van der Waals surface area contributed by atoms with Gasteiger partial charge in [-0.3, -0.25) is 0 Å². The van der Waals surface area contributed by atoms with Crippen molar-refractivity contribution in [3.63, 3.8) is 0 Å². The molecule has 0 radical (unpaired) electrons. The van der Waals surface area contributed by atoms with Gasteiger partial charge < -0.3 is 10.4 Å². The highest BCUT2D eigenvalue weighted by Gasteiger charge is 2.04. The predicted molar refractivity (Wildman–Crippen MR) is 56.4 cm³/mol. The van der Waals surface area contributed by atoms with Gasteiger partial charge in [-0.25, -0.2) is 0 Å². The highest BCUT2D eigenvalue weighted by molar-refractivity contribution is 6.32. The van der Waals surface area contributed by atoms with Crippen LogP contribution in [-0.4, -0.2) is 18.3 Å².